The fourth-order valence-electron chi connectivity index (χ4n) is 7.10. The summed E-state index contributed by atoms with van der Waals surface area (Å²) in [5.41, 5.74) is 4.52. The molecule has 14 heteroatoms. The molecule has 268 valence electrons. The second-order valence-electron chi connectivity index (χ2n) is 13.4. The number of β-amino-alcohol motifs (C(OH)–C–C–N with tert-alkyl or cyclic N) is 1. The number of alkyl halides is 3. The molecule has 2 aliphatic heterocycles. The van der Waals surface area contributed by atoms with Gasteiger partial charge in [-0.05, 0) is 66.8 Å². The van der Waals surface area contributed by atoms with Crippen molar-refractivity contribution in [3.05, 3.63) is 100 Å². The first-order valence-electron chi connectivity index (χ1n) is 17.0. The van der Waals surface area contributed by atoms with Gasteiger partial charge in [-0.15, -0.1) is 0 Å². The molecule has 0 aliphatic carbocycles. The van der Waals surface area contributed by atoms with Gasteiger partial charge in [-0.2, -0.15) is 23.4 Å². The molecule has 2 aromatic carbocycles. The molecule has 1 fully saturated rings. The topological polar surface area (TPSA) is 102 Å². The van der Waals surface area contributed by atoms with E-state index in [1.807, 2.05) is 24.8 Å². The van der Waals surface area contributed by atoms with Crippen LogP contribution >= 0.6 is 0 Å². The van der Waals surface area contributed by atoms with E-state index >= 15 is 4.39 Å². The summed E-state index contributed by atoms with van der Waals surface area (Å²) in [4.78, 5) is 19.4. The molecule has 1 unspecified atom stereocenters. The molecule has 0 spiro atoms. The molecule has 5 heterocycles. The lowest BCUT2D eigenvalue weighted by atomic mass is 9.93. The van der Waals surface area contributed by atoms with Crippen LogP contribution in [0.25, 0.3) is 16.6 Å². The van der Waals surface area contributed by atoms with Gasteiger partial charge in [0.25, 0.3) is 0 Å². The number of aromatic nitrogens is 4. The fourth-order valence-corrected chi connectivity index (χ4v) is 7.10. The monoisotopic (exact) mass is 705 g/mol. The van der Waals surface area contributed by atoms with Crippen LogP contribution in [0.5, 0.6) is 11.5 Å². The second kappa shape index (κ2) is 14.1. The van der Waals surface area contributed by atoms with Crippen molar-refractivity contribution in [1.29, 1.82) is 0 Å². The summed E-state index contributed by atoms with van der Waals surface area (Å²) >= 11 is 0. The van der Waals surface area contributed by atoms with Crippen LogP contribution in [0.1, 0.15) is 40.4 Å². The van der Waals surface area contributed by atoms with Gasteiger partial charge in [-0.1, -0.05) is 18.2 Å². The smallest absolute Gasteiger partial charge is 0.416 e. The molecule has 0 radical (unpaired) electrons. The number of halogens is 4. The largest absolute Gasteiger partial charge is 0.452 e. The summed E-state index contributed by atoms with van der Waals surface area (Å²) in [5, 5.41) is 20.3. The second-order valence-corrected chi connectivity index (χ2v) is 13.4. The minimum Gasteiger partial charge on any atom is -0.452 e. The van der Waals surface area contributed by atoms with Crippen molar-refractivity contribution in [2.24, 2.45) is 0 Å². The maximum Gasteiger partial charge on any atom is 0.416 e. The van der Waals surface area contributed by atoms with Crippen molar-refractivity contribution >= 4 is 11.4 Å². The van der Waals surface area contributed by atoms with Crippen LogP contribution in [-0.4, -0.2) is 90.9 Å². The highest BCUT2D eigenvalue weighted by atomic mass is 19.4. The first-order valence-corrected chi connectivity index (χ1v) is 17.0. The van der Waals surface area contributed by atoms with E-state index in [0.717, 1.165) is 40.2 Å². The summed E-state index contributed by atoms with van der Waals surface area (Å²) in [6.07, 6.45) is 0.360. The highest BCUT2D eigenvalue weighted by molar-refractivity contribution is 5.80. The van der Waals surface area contributed by atoms with Gasteiger partial charge in [-0.25, -0.2) is 8.91 Å². The molecule has 2 aliphatic rings. The number of benzene rings is 2. The molecule has 7 rings (SSSR count). The Hall–Kier alpha value is -4.79. The zero-order chi connectivity index (χ0) is 35.9. The van der Waals surface area contributed by atoms with E-state index in [1.165, 1.54) is 6.07 Å². The van der Waals surface area contributed by atoms with Crippen LogP contribution in [0.15, 0.2) is 61.1 Å². The molecular formula is C37H39F4N7O3. The Balaban J connectivity index is 1.06. The normalized spacial score (nSPS) is 17.2. The molecular weight excluding hydrogens is 666 g/mol. The Morgan fingerprint density at radius 1 is 1.04 bits per heavy atom. The number of piperazine rings is 1. The van der Waals surface area contributed by atoms with E-state index in [1.54, 1.807) is 46.1 Å². The molecule has 0 saturated carbocycles. The van der Waals surface area contributed by atoms with Crippen molar-refractivity contribution in [1.82, 2.24) is 34.5 Å². The number of aliphatic hydroxyl groups excluding tert-OH is 1. The van der Waals surface area contributed by atoms with Gasteiger partial charge in [0.15, 0.2) is 11.6 Å². The van der Waals surface area contributed by atoms with Gasteiger partial charge < -0.3 is 14.7 Å². The van der Waals surface area contributed by atoms with Gasteiger partial charge in [0.1, 0.15) is 11.3 Å². The molecule has 1 saturated heterocycles. The molecule has 10 nitrogen and oxygen atoms in total. The predicted molar refractivity (Wildman–Crippen MR) is 182 cm³/mol. The van der Waals surface area contributed by atoms with E-state index < -0.39 is 17.6 Å². The molecule has 3 aromatic heterocycles. The third kappa shape index (κ3) is 7.34. The third-order valence-corrected chi connectivity index (χ3v) is 9.90. The van der Waals surface area contributed by atoms with Crippen LogP contribution in [0.2, 0.25) is 0 Å². The number of carbonyl (C=O) groups is 1. The Kier molecular flexibility index (Phi) is 9.57. The van der Waals surface area contributed by atoms with Crippen molar-refractivity contribution < 1.29 is 32.2 Å². The number of hydrogen-bond acceptors (Lipinski definition) is 7. The highest BCUT2D eigenvalue weighted by Crippen LogP contribution is 2.36. The van der Waals surface area contributed by atoms with Crippen LogP contribution in [-0.2, 0) is 36.9 Å². The average Bonchev–Trinajstić information content (AvgIpc) is 3.73. The zero-order valence-electron chi connectivity index (χ0n) is 28.4. The predicted octanol–water partition coefficient (Wildman–Crippen LogP) is 5.61. The lowest BCUT2D eigenvalue weighted by Crippen LogP contribution is -2.46. The number of aromatic amines is 1. The molecule has 1 amide bonds. The Morgan fingerprint density at radius 2 is 1.82 bits per heavy atom. The number of carbonyl (C=O) groups excluding carboxylic acids is 1. The van der Waals surface area contributed by atoms with E-state index in [-0.39, 0.29) is 49.4 Å². The van der Waals surface area contributed by atoms with Crippen LogP contribution < -0.4 is 4.74 Å². The number of H-pyrrole nitrogens is 1. The van der Waals surface area contributed by atoms with Crippen LogP contribution in [0.4, 0.5) is 17.6 Å². The van der Waals surface area contributed by atoms with E-state index in [4.69, 9.17) is 4.74 Å². The van der Waals surface area contributed by atoms with Crippen molar-refractivity contribution in [2.75, 3.05) is 39.3 Å². The number of nitrogens with one attached hydrogen (secondary N) is 1. The summed E-state index contributed by atoms with van der Waals surface area (Å²) in [6, 6.07) is 11.3. The molecule has 1 atom stereocenters. The van der Waals surface area contributed by atoms with E-state index in [0.29, 0.717) is 56.0 Å². The Bertz CT molecular complexity index is 2050. The van der Waals surface area contributed by atoms with Crippen molar-refractivity contribution in [2.45, 2.75) is 52.0 Å². The lowest BCUT2D eigenvalue weighted by molar-refractivity contribution is -0.139. The van der Waals surface area contributed by atoms with Crippen LogP contribution in [0, 0.1) is 12.7 Å². The first-order chi connectivity index (χ1) is 24.5. The van der Waals surface area contributed by atoms with Gasteiger partial charge >= 0.3 is 6.18 Å². The van der Waals surface area contributed by atoms with Gasteiger partial charge in [0.05, 0.1) is 31.0 Å². The van der Waals surface area contributed by atoms with E-state index in [2.05, 4.69) is 20.2 Å². The number of hydrogen-bond donors (Lipinski definition) is 2. The van der Waals surface area contributed by atoms with Crippen molar-refractivity contribution in [3.63, 3.8) is 0 Å². The van der Waals surface area contributed by atoms with Crippen LogP contribution in [0.3, 0.4) is 0 Å². The first kappa shape index (κ1) is 34.6. The highest BCUT2D eigenvalue weighted by Gasteiger charge is 2.35. The summed E-state index contributed by atoms with van der Waals surface area (Å²) in [7, 11) is 0. The lowest BCUT2D eigenvalue weighted by Gasteiger charge is -2.35. The number of ether oxygens (including phenoxy) is 1. The van der Waals surface area contributed by atoms with Crippen molar-refractivity contribution in [3.8, 4) is 22.6 Å². The van der Waals surface area contributed by atoms with E-state index in [9.17, 15) is 23.1 Å². The number of nitrogens with zero attached hydrogens (tertiary/aromatic N) is 6. The number of fused-ring (bicyclic) bond motifs is 2. The maximum atomic E-state index is 15.1. The zero-order valence-corrected chi connectivity index (χ0v) is 28.4. The third-order valence-electron chi connectivity index (χ3n) is 9.90. The SMILES string of the molecule is Cc1[nH]ncc1-c1cc2c(Oc3ccc4c(c3)CN(C(=O)Cc3ccc(CN5CCN(CCO)CC5)c(C(F)(F)F)c3)C(C)C4)c(F)cnn2c1. The minimum atomic E-state index is -4.57. The molecule has 2 N–H and O–H groups in total. The number of amides is 1. The quantitative estimate of drug-likeness (QED) is 0.193. The van der Waals surface area contributed by atoms with Gasteiger partial charge in [-0.3, -0.25) is 19.7 Å². The molecule has 0 bridgehead atoms. The number of rotatable bonds is 9. The number of aryl methyl sites for hydroxylation is 1. The Labute approximate surface area is 292 Å². The van der Waals surface area contributed by atoms with Gasteiger partial charge in [0.2, 0.25) is 5.91 Å². The summed E-state index contributed by atoms with van der Waals surface area (Å²) < 4.78 is 65.6. The summed E-state index contributed by atoms with van der Waals surface area (Å²) in [5.74, 6) is -0.533. The minimum absolute atomic E-state index is 0.00216. The molecule has 5 aromatic rings. The maximum absolute atomic E-state index is 15.1. The fraction of sp³-hybridized carbons (Fsp3) is 0.378. The average molecular weight is 706 g/mol. The van der Waals surface area contributed by atoms with Gasteiger partial charge in [0, 0.05) is 74.9 Å². The number of aliphatic hydroxyl groups is 1. The summed E-state index contributed by atoms with van der Waals surface area (Å²) in [6.45, 7) is 7.40. The Morgan fingerprint density at radius 3 is 2.55 bits per heavy atom. The standard InChI is InChI=1S/C37H39F4N7O3/c1-23-13-26-5-6-30(51-36-33(38)19-43-48-22-29(17-34(36)48)31-18-42-44-24(31)2)16-28(26)21-47(23)35(50)15-25-3-4-27(32(14-25)37(39,40)41)20-46-9-7-45(8-10-46)11-12-49/h3-6,14,16-19,22-23,49H,7-13,15,20-21H2,1-2H3,(H,42,44). The molecule has 51 heavy (non-hydrogen) atoms.